The van der Waals surface area contributed by atoms with Gasteiger partial charge in [-0.2, -0.15) is 12.7 Å². The van der Waals surface area contributed by atoms with Gasteiger partial charge in [0.15, 0.2) is 11.5 Å². The summed E-state index contributed by atoms with van der Waals surface area (Å²) in [5.41, 5.74) is 0.757. The number of hydrogen-bond donors (Lipinski definition) is 0. The van der Waals surface area contributed by atoms with Crippen molar-refractivity contribution in [2.24, 2.45) is 0 Å². The zero-order valence-corrected chi connectivity index (χ0v) is 15.4. The van der Waals surface area contributed by atoms with Crippen molar-refractivity contribution >= 4 is 26.2 Å². The number of sulfonamides is 1. The van der Waals surface area contributed by atoms with E-state index in [9.17, 15) is 16.8 Å². The Morgan fingerprint density at radius 2 is 1.88 bits per heavy atom. The SMILES string of the molecule is COc1cc(/C=C/C2CCCN2S(C)(=O)=O)ccc1OS(C)(=O)=O. The molecule has 7 nitrogen and oxygen atoms in total. The smallest absolute Gasteiger partial charge is 0.306 e. The van der Waals surface area contributed by atoms with Crippen LogP contribution in [0.4, 0.5) is 0 Å². The van der Waals surface area contributed by atoms with Gasteiger partial charge in [0.1, 0.15) is 0 Å². The van der Waals surface area contributed by atoms with Crippen LogP contribution in [0.15, 0.2) is 24.3 Å². The summed E-state index contributed by atoms with van der Waals surface area (Å²) in [6, 6.07) is 4.65. The third-order valence-electron chi connectivity index (χ3n) is 3.61. The first-order valence-electron chi connectivity index (χ1n) is 7.32. The molecule has 2 rings (SSSR count). The minimum atomic E-state index is -3.64. The van der Waals surface area contributed by atoms with Gasteiger partial charge in [0.25, 0.3) is 0 Å². The van der Waals surface area contributed by atoms with Crippen LogP contribution in [-0.2, 0) is 20.1 Å². The fourth-order valence-corrected chi connectivity index (χ4v) is 4.20. The molecule has 0 aliphatic carbocycles. The Morgan fingerprint density at radius 3 is 2.46 bits per heavy atom. The lowest BCUT2D eigenvalue weighted by Gasteiger charge is -2.18. The van der Waals surface area contributed by atoms with Gasteiger partial charge in [-0.1, -0.05) is 18.2 Å². The number of benzene rings is 1. The van der Waals surface area contributed by atoms with E-state index in [-0.39, 0.29) is 17.5 Å². The van der Waals surface area contributed by atoms with E-state index in [4.69, 9.17) is 8.92 Å². The zero-order chi connectivity index (χ0) is 18.0. The van der Waals surface area contributed by atoms with Crippen LogP contribution in [0.25, 0.3) is 6.08 Å². The molecule has 0 bridgehead atoms. The molecule has 0 aromatic heterocycles. The van der Waals surface area contributed by atoms with Crippen LogP contribution in [0.5, 0.6) is 11.5 Å². The lowest BCUT2D eigenvalue weighted by molar-refractivity contribution is 0.391. The Bertz CT molecular complexity index is 830. The molecule has 1 unspecified atom stereocenters. The predicted molar refractivity (Wildman–Crippen MR) is 92.1 cm³/mol. The van der Waals surface area contributed by atoms with Crippen molar-refractivity contribution in [3.63, 3.8) is 0 Å². The standard InChI is InChI=1S/C15H21NO6S2/c1-21-15-11-12(7-9-14(15)22-24(3,19)20)6-8-13-5-4-10-16(13)23(2,17)18/h6-9,11,13H,4-5,10H2,1-3H3/b8-6+. The highest BCUT2D eigenvalue weighted by atomic mass is 32.2. The first kappa shape index (κ1) is 18.8. The Kier molecular flexibility index (Phi) is 5.56. The molecule has 0 amide bonds. The van der Waals surface area contributed by atoms with Gasteiger partial charge >= 0.3 is 10.1 Å². The first-order valence-corrected chi connectivity index (χ1v) is 11.0. The second-order valence-electron chi connectivity index (χ2n) is 5.64. The van der Waals surface area contributed by atoms with E-state index in [1.165, 1.54) is 23.7 Å². The number of nitrogens with zero attached hydrogens (tertiary/aromatic N) is 1. The maximum atomic E-state index is 11.7. The van der Waals surface area contributed by atoms with Crippen LogP contribution in [-0.4, -0.2) is 53.3 Å². The first-order chi connectivity index (χ1) is 11.1. The van der Waals surface area contributed by atoms with E-state index in [1.807, 2.05) is 6.08 Å². The van der Waals surface area contributed by atoms with Crippen LogP contribution in [0, 0.1) is 0 Å². The van der Waals surface area contributed by atoms with E-state index >= 15 is 0 Å². The molecule has 1 saturated heterocycles. The highest BCUT2D eigenvalue weighted by molar-refractivity contribution is 7.88. The lowest BCUT2D eigenvalue weighted by atomic mass is 10.1. The molecule has 0 spiro atoms. The second-order valence-corrected chi connectivity index (χ2v) is 9.15. The monoisotopic (exact) mass is 375 g/mol. The largest absolute Gasteiger partial charge is 0.493 e. The van der Waals surface area contributed by atoms with E-state index in [0.717, 1.165) is 24.7 Å². The van der Waals surface area contributed by atoms with Crippen molar-refractivity contribution in [2.45, 2.75) is 18.9 Å². The second kappa shape index (κ2) is 7.12. The van der Waals surface area contributed by atoms with E-state index in [2.05, 4.69) is 0 Å². The van der Waals surface area contributed by atoms with Gasteiger partial charge in [0, 0.05) is 12.6 Å². The van der Waals surface area contributed by atoms with E-state index in [0.29, 0.717) is 6.54 Å². The fraction of sp³-hybridized carbons (Fsp3) is 0.467. The molecule has 0 radical (unpaired) electrons. The average molecular weight is 375 g/mol. The highest BCUT2D eigenvalue weighted by Crippen LogP contribution is 2.30. The molecule has 1 aromatic rings. The normalized spacial score (nSPS) is 19.7. The summed E-state index contributed by atoms with van der Waals surface area (Å²) in [5, 5.41) is 0. The summed E-state index contributed by atoms with van der Waals surface area (Å²) >= 11 is 0. The highest BCUT2D eigenvalue weighted by Gasteiger charge is 2.29. The van der Waals surface area contributed by atoms with Crippen molar-refractivity contribution in [3.05, 3.63) is 29.8 Å². The van der Waals surface area contributed by atoms with Gasteiger partial charge in [-0.25, -0.2) is 8.42 Å². The summed E-state index contributed by atoms with van der Waals surface area (Å²) in [4.78, 5) is 0. The Balaban J connectivity index is 2.21. The molecule has 134 valence electrons. The number of rotatable bonds is 6. The topological polar surface area (TPSA) is 90.0 Å². The number of ether oxygens (including phenoxy) is 1. The molecule has 1 aliphatic heterocycles. The van der Waals surface area contributed by atoms with Crippen LogP contribution in [0.2, 0.25) is 0 Å². The van der Waals surface area contributed by atoms with Gasteiger partial charge in [-0.05, 0) is 30.5 Å². The molecule has 1 aliphatic rings. The lowest BCUT2D eigenvalue weighted by Crippen LogP contribution is -2.33. The average Bonchev–Trinajstić information content (AvgIpc) is 2.93. The minimum absolute atomic E-state index is 0.107. The summed E-state index contributed by atoms with van der Waals surface area (Å²) in [6.07, 6.45) is 7.39. The van der Waals surface area contributed by atoms with Crippen LogP contribution < -0.4 is 8.92 Å². The number of hydrogen-bond acceptors (Lipinski definition) is 6. The number of methoxy groups -OCH3 is 1. The Morgan fingerprint density at radius 1 is 1.17 bits per heavy atom. The quantitative estimate of drug-likeness (QED) is 0.700. The summed E-state index contributed by atoms with van der Waals surface area (Å²) < 4.78 is 57.4. The van der Waals surface area contributed by atoms with Crippen molar-refractivity contribution in [1.29, 1.82) is 0 Å². The molecule has 0 saturated carbocycles. The molecular formula is C15H21NO6S2. The van der Waals surface area contributed by atoms with Gasteiger partial charge in [0.05, 0.1) is 19.6 Å². The van der Waals surface area contributed by atoms with Gasteiger partial charge < -0.3 is 8.92 Å². The molecule has 1 fully saturated rings. The molecule has 0 N–H and O–H groups in total. The Labute approximate surface area is 143 Å². The van der Waals surface area contributed by atoms with Crippen LogP contribution >= 0.6 is 0 Å². The van der Waals surface area contributed by atoms with Gasteiger partial charge in [-0.3, -0.25) is 0 Å². The van der Waals surface area contributed by atoms with Crippen molar-refractivity contribution in [3.8, 4) is 11.5 Å². The maximum Gasteiger partial charge on any atom is 0.306 e. The van der Waals surface area contributed by atoms with Crippen molar-refractivity contribution in [2.75, 3.05) is 26.2 Å². The van der Waals surface area contributed by atoms with Gasteiger partial charge in [-0.15, -0.1) is 0 Å². The molecule has 24 heavy (non-hydrogen) atoms. The summed E-state index contributed by atoms with van der Waals surface area (Å²) in [5.74, 6) is 0.393. The van der Waals surface area contributed by atoms with Crippen molar-refractivity contribution < 1.29 is 25.8 Å². The predicted octanol–water partition coefficient (Wildman–Crippen LogP) is 1.47. The van der Waals surface area contributed by atoms with Crippen LogP contribution in [0.3, 0.4) is 0 Å². The third kappa shape index (κ3) is 4.96. The Hall–Kier alpha value is -1.58. The summed E-state index contributed by atoms with van der Waals surface area (Å²) in [6.45, 7) is 0.526. The molecule has 1 heterocycles. The van der Waals surface area contributed by atoms with Crippen LogP contribution in [0.1, 0.15) is 18.4 Å². The molecular weight excluding hydrogens is 354 g/mol. The fourth-order valence-electron chi connectivity index (χ4n) is 2.61. The zero-order valence-electron chi connectivity index (χ0n) is 13.8. The minimum Gasteiger partial charge on any atom is -0.493 e. The van der Waals surface area contributed by atoms with Gasteiger partial charge in [0.2, 0.25) is 10.0 Å². The maximum absolute atomic E-state index is 11.7. The molecule has 1 atom stereocenters. The summed E-state index contributed by atoms with van der Waals surface area (Å²) in [7, 11) is -5.45. The molecule has 9 heteroatoms. The van der Waals surface area contributed by atoms with Crippen molar-refractivity contribution in [1.82, 2.24) is 4.31 Å². The van der Waals surface area contributed by atoms with E-state index in [1.54, 1.807) is 18.2 Å². The van der Waals surface area contributed by atoms with E-state index < -0.39 is 20.1 Å². The molecule has 1 aromatic carbocycles. The third-order valence-corrected chi connectivity index (χ3v) is 5.40.